The van der Waals surface area contributed by atoms with E-state index in [1.807, 2.05) is 18.2 Å². The summed E-state index contributed by atoms with van der Waals surface area (Å²) in [4.78, 5) is 24.8. The van der Waals surface area contributed by atoms with E-state index in [0.717, 1.165) is 25.9 Å². The van der Waals surface area contributed by atoms with Gasteiger partial charge in [0.05, 0.1) is 10.6 Å². The molecule has 1 saturated heterocycles. The van der Waals surface area contributed by atoms with Gasteiger partial charge in [0.25, 0.3) is 5.91 Å². The number of carbonyl (C=O) groups excluding carboxylic acids is 2. The third kappa shape index (κ3) is 5.21. The molecule has 7 heteroatoms. The molecular weight excluding hydrogens is 373 g/mol. The summed E-state index contributed by atoms with van der Waals surface area (Å²) >= 11 is 6.16. The smallest absolute Gasteiger partial charge is 0.257 e. The quantitative estimate of drug-likeness (QED) is 0.736. The molecule has 1 aliphatic rings. The van der Waals surface area contributed by atoms with Crippen LogP contribution in [-0.4, -0.2) is 24.9 Å². The highest BCUT2D eigenvalue weighted by Gasteiger charge is 2.21. The molecule has 1 aliphatic heterocycles. The zero-order chi connectivity index (χ0) is 17.6. The second-order valence-electron chi connectivity index (χ2n) is 6.03. The lowest BCUT2D eigenvalue weighted by Gasteiger charge is -2.22. The number of halogens is 2. The standard InChI is InChI=1S/C19H20ClN3O2.ClH/c20-17-7-6-15(23-18(24)13-8-10-21-11-9-13)12-16(17)19(25)22-14-4-2-1-3-5-14;/h1-7,12-13,21H,8-11H2,(H,22,25)(H,23,24);1H. The number of para-hydroxylation sites is 1. The van der Waals surface area contributed by atoms with Crippen molar-refractivity contribution >= 4 is 47.2 Å². The van der Waals surface area contributed by atoms with Crippen LogP contribution in [0.5, 0.6) is 0 Å². The molecule has 0 aliphatic carbocycles. The van der Waals surface area contributed by atoms with Crippen molar-refractivity contribution in [1.29, 1.82) is 0 Å². The van der Waals surface area contributed by atoms with Crippen molar-refractivity contribution in [3.63, 3.8) is 0 Å². The van der Waals surface area contributed by atoms with E-state index >= 15 is 0 Å². The van der Waals surface area contributed by atoms with Crippen LogP contribution < -0.4 is 16.0 Å². The first kappa shape index (κ1) is 20.2. The fraction of sp³-hybridized carbons (Fsp3) is 0.263. The average Bonchev–Trinajstić information content (AvgIpc) is 2.64. The third-order valence-corrected chi connectivity index (χ3v) is 4.55. The van der Waals surface area contributed by atoms with Crippen molar-refractivity contribution in [2.45, 2.75) is 12.8 Å². The van der Waals surface area contributed by atoms with Crippen molar-refractivity contribution < 1.29 is 9.59 Å². The van der Waals surface area contributed by atoms with E-state index < -0.39 is 0 Å². The lowest BCUT2D eigenvalue weighted by molar-refractivity contribution is -0.120. The van der Waals surface area contributed by atoms with Gasteiger partial charge in [-0.15, -0.1) is 12.4 Å². The summed E-state index contributed by atoms with van der Waals surface area (Å²) in [7, 11) is 0. The number of hydrogen-bond donors (Lipinski definition) is 3. The van der Waals surface area contributed by atoms with Crippen LogP contribution in [0.4, 0.5) is 11.4 Å². The van der Waals surface area contributed by atoms with Crippen LogP contribution in [0.2, 0.25) is 5.02 Å². The number of benzene rings is 2. The Morgan fingerprint density at radius 2 is 1.65 bits per heavy atom. The average molecular weight is 394 g/mol. The van der Waals surface area contributed by atoms with Gasteiger partial charge in [-0.3, -0.25) is 9.59 Å². The Hall–Kier alpha value is -2.08. The zero-order valence-corrected chi connectivity index (χ0v) is 15.7. The molecule has 26 heavy (non-hydrogen) atoms. The van der Waals surface area contributed by atoms with Crippen molar-refractivity contribution in [3.05, 3.63) is 59.1 Å². The van der Waals surface area contributed by atoms with Gasteiger partial charge in [-0.05, 0) is 56.3 Å². The summed E-state index contributed by atoms with van der Waals surface area (Å²) in [6.07, 6.45) is 1.64. The lowest BCUT2D eigenvalue weighted by Crippen LogP contribution is -2.34. The van der Waals surface area contributed by atoms with E-state index in [2.05, 4.69) is 16.0 Å². The molecule has 2 aromatic carbocycles. The van der Waals surface area contributed by atoms with Crippen LogP contribution in [0, 0.1) is 5.92 Å². The molecule has 0 saturated carbocycles. The van der Waals surface area contributed by atoms with Gasteiger partial charge in [0.2, 0.25) is 5.91 Å². The maximum absolute atomic E-state index is 12.5. The van der Waals surface area contributed by atoms with E-state index in [1.54, 1.807) is 30.3 Å². The number of carbonyl (C=O) groups is 2. The summed E-state index contributed by atoms with van der Waals surface area (Å²) in [6.45, 7) is 1.70. The largest absolute Gasteiger partial charge is 0.326 e. The van der Waals surface area contributed by atoms with Crippen LogP contribution in [0.3, 0.4) is 0 Å². The predicted molar refractivity (Wildman–Crippen MR) is 107 cm³/mol. The molecule has 2 amide bonds. The van der Waals surface area contributed by atoms with Crippen LogP contribution in [0.25, 0.3) is 0 Å². The highest BCUT2D eigenvalue weighted by Crippen LogP contribution is 2.23. The van der Waals surface area contributed by atoms with E-state index in [4.69, 9.17) is 11.6 Å². The molecule has 138 valence electrons. The number of rotatable bonds is 4. The van der Waals surface area contributed by atoms with E-state index in [1.165, 1.54) is 0 Å². The van der Waals surface area contributed by atoms with Crippen molar-refractivity contribution in [3.8, 4) is 0 Å². The number of anilines is 2. The predicted octanol–water partition coefficient (Wildman–Crippen LogP) is 3.95. The number of amides is 2. The third-order valence-electron chi connectivity index (χ3n) is 4.22. The minimum Gasteiger partial charge on any atom is -0.326 e. The van der Waals surface area contributed by atoms with Crippen molar-refractivity contribution in [2.24, 2.45) is 5.92 Å². The van der Waals surface area contributed by atoms with Gasteiger partial charge in [0.1, 0.15) is 0 Å². The van der Waals surface area contributed by atoms with Gasteiger partial charge in [0, 0.05) is 17.3 Å². The molecule has 3 rings (SSSR count). The van der Waals surface area contributed by atoms with Gasteiger partial charge in [-0.1, -0.05) is 29.8 Å². The first-order valence-electron chi connectivity index (χ1n) is 8.31. The molecule has 2 aromatic rings. The fourth-order valence-corrected chi connectivity index (χ4v) is 3.03. The maximum atomic E-state index is 12.5. The Labute approximate surface area is 163 Å². The van der Waals surface area contributed by atoms with E-state index in [-0.39, 0.29) is 30.1 Å². The molecular formula is C19H21Cl2N3O2. The van der Waals surface area contributed by atoms with Crippen LogP contribution in [0.15, 0.2) is 48.5 Å². The monoisotopic (exact) mass is 393 g/mol. The molecule has 3 N–H and O–H groups in total. The fourth-order valence-electron chi connectivity index (χ4n) is 2.83. The minimum absolute atomic E-state index is 0. The summed E-state index contributed by atoms with van der Waals surface area (Å²) in [5, 5.41) is 9.27. The molecule has 0 atom stereocenters. The Balaban J connectivity index is 0.00000243. The highest BCUT2D eigenvalue weighted by molar-refractivity contribution is 6.34. The highest BCUT2D eigenvalue weighted by atomic mass is 35.5. The first-order chi connectivity index (χ1) is 12.1. The van der Waals surface area contributed by atoms with Crippen molar-refractivity contribution in [2.75, 3.05) is 23.7 Å². The lowest BCUT2D eigenvalue weighted by atomic mass is 9.97. The normalized spacial score (nSPS) is 14.2. The van der Waals surface area contributed by atoms with Gasteiger partial charge < -0.3 is 16.0 Å². The summed E-state index contributed by atoms with van der Waals surface area (Å²) in [5.41, 5.74) is 1.59. The van der Waals surface area contributed by atoms with Gasteiger partial charge in [-0.25, -0.2) is 0 Å². The number of nitrogens with one attached hydrogen (secondary N) is 3. The second kappa shape index (κ2) is 9.57. The first-order valence-corrected chi connectivity index (χ1v) is 8.69. The van der Waals surface area contributed by atoms with E-state index in [9.17, 15) is 9.59 Å². The second-order valence-corrected chi connectivity index (χ2v) is 6.44. The summed E-state index contributed by atoms with van der Waals surface area (Å²) in [5.74, 6) is -0.328. The zero-order valence-electron chi connectivity index (χ0n) is 14.1. The molecule has 1 fully saturated rings. The molecule has 0 aromatic heterocycles. The summed E-state index contributed by atoms with van der Waals surface area (Å²) < 4.78 is 0. The number of hydrogen-bond acceptors (Lipinski definition) is 3. The Kier molecular flexibility index (Phi) is 7.45. The van der Waals surface area contributed by atoms with Crippen LogP contribution in [0.1, 0.15) is 23.2 Å². The molecule has 0 radical (unpaired) electrons. The number of piperidine rings is 1. The topological polar surface area (TPSA) is 70.2 Å². The molecule has 0 unspecified atom stereocenters. The summed E-state index contributed by atoms with van der Waals surface area (Å²) in [6, 6.07) is 14.1. The van der Waals surface area contributed by atoms with E-state index in [0.29, 0.717) is 22.0 Å². The Morgan fingerprint density at radius 3 is 2.35 bits per heavy atom. The molecule has 5 nitrogen and oxygen atoms in total. The maximum Gasteiger partial charge on any atom is 0.257 e. The SMILES string of the molecule is Cl.O=C(Nc1ccccc1)c1cc(NC(=O)C2CCNCC2)ccc1Cl. The Morgan fingerprint density at radius 1 is 0.962 bits per heavy atom. The Bertz CT molecular complexity index is 763. The van der Waals surface area contributed by atoms with Crippen LogP contribution >= 0.6 is 24.0 Å². The molecule has 1 heterocycles. The van der Waals surface area contributed by atoms with Crippen LogP contribution in [-0.2, 0) is 4.79 Å². The molecule has 0 spiro atoms. The van der Waals surface area contributed by atoms with Gasteiger partial charge in [-0.2, -0.15) is 0 Å². The van der Waals surface area contributed by atoms with Gasteiger partial charge in [0.15, 0.2) is 0 Å². The minimum atomic E-state index is -0.311. The van der Waals surface area contributed by atoms with Gasteiger partial charge >= 0.3 is 0 Å². The molecule has 0 bridgehead atoms. The van der Waals surface area contributed by atoms with Crippen molar-refractivity contribution in [1.82, 2.24) is 5.32 Å².